The van der Waals surface area contributed by atoms with Gasteiger partial charge in [0.2, 0.25) is 6.33 Å². The van der Waals surface area contributed by atoms with E-state index in [1.807, 2.05) is 0 Å². The molecule has 0 aliphatic heterocycles. The zero-order valence-corrected chi connectivity index (χ0v) is 8.79. The smallest absolute Gasteiger partial charge is 0.385 e. The summed E-state index contributed by atoms with van der Waals surface area (Å²) in [5, 5.41) is 10.6. The molecule has 0 saturated heterocycles. The van der Waals surface area contributed by atoms with E-state index in [2.05, 4.69) is 4.98 Å². The van der Waals surface area contributed by atoms with Gasteiger partial charge in [-0.15, -0.1) is 0 Å². The van der Waals surface area contributed by atoms with Crippen LogP contribution in [0.15, 0.2) is 18.1 Å². The highest BCUT2D eigenvalue weighted by Crippen LogP contribution is 2.17. The molecule has 0 aliphatic rings. The van der Waals surface area contributed by atoms with Crippen molar-refractivity contribution in [2.45, 2.75) is 12.8 Å². The second-order valence-electron chi connectivity index (χ2n) is 3.24. The molecule has 0 atom stereocenters. The highest BCUT2D eigenvalue weighted by molar-refractivity contribution is 5.52. The standard InChI is InChI=1S/C9H12N4O3/c1-12-6-11-9(13(15)16)8(12)5-7(10)3-2-4-14/h3-4,6H,2,5,10H2,1H3. The maximum atomic E-state index is 10.6. The summed E-state index contributed by atoms with van der Waals surface area (Å²) in [5.74, 6) is -0.204. The molecule has 0 aromatic carbocycles. The SMILES string of the molecule is Cn1cnc([N+](=O)[O-])c1CC(N)=CCC=O. The number of allylic oxidation sites excluding steroid dienone is 2. The summed E-state index contributed by atoms with van der Waals surface area (Å²) in [6.07, 6.45) is 4.02. The Bertz CT molecular complexity index is 436. The Hall–Kier alpha value is -2.18. The van der Waals surface area contributed by atoms with Crippen LogP contribution in [-0.4, -0.2) is 20.8 Å². The van der Waals surface area contributed by atoms with Gasteiger partial charge in [-0.25, -0.2) is 0 Å². The number of aromatic nitrogens is 2. The Morgan fingerprint density at radius 1 is 1.75 bits per heavy atom. The highest BCUT2D eigenvalue weighted by atomic mass is 16.6. The molecule has 0 unspecified atom stereocenters. The second kappa shape index (κ2) is 5.06. The van der Waals surface area contributed by atoms with Gasteiger partial charge in [0.15, 0.2) is 0 Å². The van der Waals surface area contributed by atoms with Crippen LogP contribution in [0.25, 0.3) is 0 Å². The maximum Gasteiger partial charge on any atom is 0.385 e. The van der Waals surface area contributed by atoms with Gasteiger partial charge in [0.1, 0.15) is 12.0 Å². The van der Waals surface area contributed by atoms with Gasteiger partial charge in [0.25, 0.3) is 0 Å². The summed E-state index contributed by atoms with van der Waals surface area (Å²) in [6.45, 7) is 0. The zero-order valence-electron chi connectivity index (χ0n) is 8.79. The summed E-state index contributed by atoms with van der Waals surface area (Å²) in [5.41, 5.74) is 6.46. The van der Waals surface area contributed by atoms with Crippen LogP contribution in [0, 0.1) is 10.1 Å². The predicted molar refractivity (Wildman–Crippen MR) is 56.5 cm³/mol. The first-order valence-corrected chi connectivity index (χ1v) is 4.59. The lowest BCUT2D eigenvalue weighted by atomic mass is 10.2. The van der Waals surface area contributed by atoms with Crippen molar-refractivity contribution in [1.82, 2.24) is 9.55 Å². The molecule has 1 aromatic heterocycles. The van der Waals surface area contributed by atoms with E-state index in [4.69, 9.17) is 5.73 Å². The number of aldehydes is 1. The van der Waals surface area contributed by atoms with E-state index in [1.54, 1.807) is 11.6 Å². The minimum atomic E-state index is -0.553. The zero-order chi connectivity index (χ0) is 12.1. The summed E-state index contributed by atoms with van der Waals surface area (Å²) in [6, 6.07) is 0. The number of hydrogen-bond acceptors (Lipinski definition) is 5. The third kappa shape index (κ3) is 2.66. The molecule has 0 aliphatic carbocycles. The first-order valence-electron chi connectivity index (χ1n) is 4.59. The van der Waals surface area contributed by atoms with Crippen LogP contribution in [0.1, 0.15) is 12.1 Å². The summed E-state index contributed by atoms with van der Waals surface area (Å²) < 4.78 is 1.54. The minimum absolute atomic E-state index is 0.204. The number of nitrogens with two attached hydrogens (primary N) is 1. The molecule has 1 aromatic rings. The molecule has 2 N–H and O–H groups in total. The van der Waals surface area contributed by atoms with Crippen LogP contribution in [-0.2, 0) is 18.3 Å². The Labute approximate surface area is 91.7 Å². The third-order valence-corrected chi connectivity index (χ3v) is 2.06. The second-order valence-corrected chi connectivity index (χ2v) is 3.24. The molecule has 1 heterocycles. The molecule has 0 saturated carbocycles. The Morgan fingerprint density at radius 3 is 3.00 bits per heavy atom. The molecule has 0 spiro atoms. The van der Waals surface area contributed by atoms with Gasteiger partial charge in [0.05, 0.1) is 0 Å². The van der Waals surface area contributed by atoms with Gasteiger partial charge in [-0.1, -0.05) is 6.08 Å². The van der Waals surface area contributed by atoms with E-state index in [1.165, 1.54) is 12.4 Å². The number of nitrogens with zero attached hydrogens (tertiary/aromatic N) is 3. The normalized spacial score (nSPS) is 11.4. The van der Waals surface area contributed by atoms with Crippen molar-refractivity contribution in [3.63, 3.8) is 0 Å². The number of rotatable bonds is 5. The van der Waals surface area contributed by atoms with Crippen LogP contribution in [0.2, 0.25) is 0 Å². The van der Waals surface area contributed by atoms with Crippen molar-refractivity contribution >= 4 is 12.1 Å². The predicted octanol–water partition coefficient (Wildman–Crippen LogP) is 0.302. The van der Waals surface area contributed by atoms with Crippen molar-refractivity contribution in [2.24, 2.45) is 12.8 Å². The van der Waals surface area contributed by atoms with E-state index in [0.29, 0.717) is 17.7 Å². The monoisotopic (exact) mass is 224 g/mol. The van der Waals surface area contributed by atoms with Gasteiger partial charge in [-0.3, -0.25) is 0 Å². The summed E-state index contributed by atoms with van der Waals surface area (Å²) in [7, 11) is 1.66. The lowest BCUT2D eigenvalue weighted by Crippen LogP contribution is -2.07. The van der Waals surface area contributed by atoms with Crippen LogP contribution >= 0.6 is 0 Å². The molecule has 86 valence electrons. The van der Waals surface area contributed by atoms with E-state index < -0.39 is 4.92 Å². The van der Waals surface area contributed by atoms with Gasteiger partial charge < -0.3 is 25.2 Å². The van der Waals surface area contributed by atoms with Crippen molar-refractivity contribution in [3.8, 4) is 0 Å². The fourth-order valence-corrected chi connectivity index (χ4v) is 1.26. The van der Waals surface area contributed by atoms with Gasteiger partial charge in [0, 0.05) is 25.6 Å². The average molecular weight is 224 g/mol. The number of carbonyl (C=O) groups excluding carboxylic acids is 1. The Kier molecular flexibility index (Phi) is 3.76. The highest BCUT2D eigenvalue weighted by Gasteiger charge is 2.19. The van der Waals surface area contributed by atoms with Crippen molar-refractivity contribution < 1.29 is 9.72 Å². The van der Waals surface area contributed by atoms with Gasteiger partial charge in [-0.05, 0) is 9.91 Å². The quantitative estimate of drug-likeness (QED) is 0.440. The molecule has 0 radical (unpaired) electrons. The third-order valence-electron chi connectivity index (χ3n) is 2.06. The molecule has 0 amide bonds. The molecule has 1 rings (SSSR count). The number of carbonyl (C=O) groups is 1. The fourth-order valence-electron chi connectivity index (χ4n) is 1.26. The van der Waals surface area contributed by atoms with Gasteiger partial charge in [-0.2, -0.15) is 0 Å². The van der Waals surface area contributed by atoms with Crippen LogP contribution in [0.3, 0.4) is 0 Å². The first kappa shape index (κ1) is 11.9. The molecule has 0 bridgehead atoms. The average Bonchev–Trinajstić information content (AvgIpc) is 2.58. The number of aryl methyl sites for hydroxylation is 1. The summed E-state index contributed by atoms with van der Waals surface area (Å²) in [4.78, 5) is 23.9. The van der Waals surface area contributed by atoms with E-state index in [-0.39, 0.29) is 18.7 Å². The lowest BCUT2D eigenvalue weighted by Gasteiger charge is -2.01. The van der Waals surface area contributed by atoms with E-state index in [0.717, 1.165) is 0 Å². The lowest BCUT2D eigenvalue weighted by molar-refractivity contribution is -0.390. The summed E-state index contributed by atoms with van der Waals surface area (Å²) >= 11 is 0. The molecule has 7 heteroatoms. The Morgan fingerprint density at radius 2 is 2.44 bits per heavy atom. The largest absolute Gasteiger partial charge is 0.402 e. The van der Waals surface area contributed by atoms with Crippen molar-refractivity contribution in [2.75, 3.05) is 0 Å². The topological polar surface area (TPSA) is 104 Å². The molecule has 16 heavy (non-hydrogen) atoms. The maximum absolute atomic E-state index is 10.6. The minimum Gasteiger partial charge on any atom is -0.402 e. The molecular weight excluding hydrogens is 212 g/mol. The number of nitro groups is 1. The van der Waals surface area contributed by atoms with Crippen LogP contribution in [0.4, 0.5) is 5.82 Å². The van der Waals surface area contributed by atoms with E-state index >= 15 is 0 Å². The molecular formula is C9H12N4O3. The fraction of sp³-hybridized carbons (Fsp3) is 0.333. The number of imidazole rings is 1. The van der Waals surface area contributed by atoms with Crippen LogP contribution < -0.4 is 5.73 Å². The Balaban J connectivity index is 2.91. The first-order chi connectivity index (χ1) is 7.56. The van der Waals surface area contributed by atoms with Crippen LogP contribution in [0.5, 0.6) is 0 Å². The van der Waals surface area contributed by atoms with Crippen molar-refractivity contribution in [1.29, 1.82) is 0 Å². The number of hydrogen-bond donors (Lipinski definition) is 1. The molecule has 7 nitrogen and oxygen atoms in total. The van der Waals surface area contributed by atoms with Crippen molar-refractivity contribution in [3.05, 3.63) is 33.9 Å². The van der Waals surface area contributed by atoms with E-state index in [9.17, 15) is 14.9 Å². The van der Waals surface area contributed by atoms with Gasteiger partial charge >= 0.3 is 5.82 Å². The molecule has 0 fully saturated rings.